The quantitative estimate of drug-likeness (QED) is 0.474. The summed E-state index contributed by atoms with van der Waals surface area (Å²) < 4.78 is 0. The molecule has 0 spiro atoms. The van der Waals surface area contributed by atoms with E-state index in [4.69, 9.17) is 0 Å². The number of hydrogen-bond donors (Lipinski definition) is 1. The van der Waals surface area contributed by atoms with Crippen molar-refractivity contribution < 1.29 is 5.11 Å². The molecule has 0 aromatic rings. The monoisotopic (exact) mass is 398 g/mol. The zero-order chi connectivity index (χ0) is 21.0. The van der Waals surface area contributed by atoms with Crippen LogP contribution in [0.3, 0.4) is 0 Å². The average molecular weight is 399 g/mol. The van der Waals surface area contributed by atoms with Crippen molar-refractivity contribution in [3.8, 4) is 0 Å². The van der Waals surface area contributed by atoms with E-state index in [1.165, 1.54) is 62.5 Å². The molecule has 4 aliphatic carbocycles. The number of rotatable bonds is 5. The van der Waals surface area contributed by atoms with Gasteiger partial charge in [-0.25, -0.2) is 0 Å². The van der Waals surface area contributed by atoms with Gasteiger partial charge < -0.3 is 5.11 Å². The summed E-state index contributed by atoms with van der Waals surface area (Å²) in [5.41, 5.74) is 3.69. The van der Waals surface area contributed by atoms with Crippen molar-refractivity contribution in [3.05, 3.63) is 24.3 Å². The molecule has 0 amide bonds. The van der Waals surface area contributed by atoms with Gasteiger partial charge in [0.25, 0.3) is 0 Å². The van der Waals surface area contributed by atoms with Gasteiger partial charge in [0.1, 0.15) is 0 Å². The number of aliphatic hydroxyl groups is 1. The molecule has 0 aromatic carbocycles. The van der Waals surface area contributed by atoms with Gasteiger partial charge in [0.05, 0.1) is 6.10 Å². The molecular formula is C28H46O. The van der Waals surface area contributed by atoms with Crippen molar-refractivity contribution in [2.24, 2.45) is 46.3 Å². The molecule has 2 unspecified atom stereocenters. The Balaban J connectivity index is 1.48. The van der Waals surface area contributed by atoms with E-state index in [1.54, 1.807) is 0 Å². The van der Waals surface area contributed by atoms with Crippen molar-refractivity contribution in [1.82, 2.24) is 0 Å². The first kappa shape index (κ1) is 21.7. The number of hydrogen-bond acceptors (Lipinski definition) is 1. The van der Waals surface area contributed by atoms with Crippen LogP contribution in [0.15, 0.2) is 24.3 Å². The van der Waals surface area contributed by atoms with Crippen LogP contribution >= 0.6 is 0 Å². The SMILES string of the molecule is C=C(C)CC(=C)C[C@@H](C)[C@H]1CC[C@H]2[C@@H]3CCC4CC(O)CC[C@]4(C)[C@H]3CC[C@]12C. The van der Waals surface area contributed by atoms with E-state index in [-0.39, 0.29) is 6.10 Å². The van der Waals surface area contributed by atoms with E-state index in [1.807, 2.05) is 0 Å². The van der Waals surface area contributed by atoms with E-state index in [0.29, 0.717) is 10.8 Å². The van der Waals surface area contributed by atoms with Crippen LogP contribution in [0, 0.1) is 46.3 Å². The van der Waals surface area contributed by atoms with Gasteiger partial charge in [-0.05, 0) is 124 Å². The highest BCUT2D eigenvalue weighted by Gasteiger charge is 2.60. The minimum absolute atomic E-state index is 0.0255. The molecule has 1 N–H and O–H groups in total. The Morgan fingerprint density at radius 1 is 0.966 bits per heavy atom. The Morgan fingerprint density at radius 3 is 2.38 bits per heavy atom. The van der Waals surface area contributed by atoms with E-state index in [9.17, 15) is 5.11 Å². The average Bonchev–Trinajstić information content (AvgIpc) is 2.99. The van der Waals surface area contributed by atoms with Crippen LogP contribution < -0.4 is 0 Å². The lowest BCUT2D eigenvalue weighted by Gasteiger charge is -2.61. The van der Waals surface area contributed by atoms with Crippen LogP contribution in [0.5, 0.6) is 0 Å². The Morgan fingerprint density at radius 2 is 1.66 bits per heavy atom. The van der Waals surface area contributed by atoms with Gasteiger partial charge in [-0.1, -0.05) is 45.1 Å². The largest absolute Gasteiger partial charge is 0.393 e. The molecular weight excluding hydrogens is 352 g/mol. The topological polar surface area (TPSA) is 20.2 Å². The lowest BCUT2D eigenvalue weighted by Crippen LogP contribution is -2.54. The highest BCUT2D eigenvalue weighted by Crippen LogP contribution is 2.68. The molecule has 9 atom stereocenters. The maximum atomic E-state index is 10.3. The van der Waals surface area contributed by atoms with Gasteiger partial charge in [0.2, 0.25) is 0 Å². The van der Waals surface area contributed by atoms with E-state index < -0.39 is 0 Å². The molecule has 4 rings (SSSR count). The van der Waals surface area contributed by atoms with Gasteiger partial charge in [-0.15, -0.1) is 0 Å². The summed E-state index contributed by atoms with van der Waals surface area (Å²) >= 11 is 0. The van der Waals surface area contributed by atoms with Crippen LogP contribution in [-0.4, -0.2) is 11.2 Å². The van der Waals surface area contributed by atoms with E-state index in [0.717, 1.165) is 54.8 Å². The van der Waals surface area contributed by atoms with Crippen molar-refractivity contribution in [3.63, 3.8) is 0 Å². The fraction of sp³-hybridized carbons (Fsp3) is 0.857. The number of fused-ring (bicyclic) bond motifs is 5. The molecule has 1 nitrogen and oxygen atoms in total. The molecule has 0 aromatic heterocycles. The zero-order valence-corrected chi connectivity index (χ0v) is 19.7. The van der Waals surface area contributed by atoms with Gasteiger partial charge in [-0.2, -0.15) is 0 Å². The summed E-state index contributed by atoms with van der Waals surface area (Å²) in [6, 6.07) is 0. The molecule has 4 saturated carbocycles. The van der Waals surface area contributed by atoms with Crippen molar-refractivity contribution in [2.45, 2.75) is 104 Å². The molecule has 4 aliphatic rings. The first-order valence-corrected chi connectivity index (χ1v) is 12.6. The molecule has 164 valence electrons. The van der Waals surface area contributed by atoms with Crippen LogP contribution in [-0.2, 0) is 0 Å². The highest BCUT2D eigenvalue weighted by atomic mass is 16.3. The smallest absolute Gasteiger partial charge is 0.0543 e. The predicted molar refractivity (Wildman–Crippen MR) is 124 cm³/mol. The lowest BCUT2D eigenvalue weighted by molar-refractivity contribution is -0.129. The first-order chi connectivity index (χ1) is 13.6. The molecule has 0 heterocycles. The summed E-state index contributed by atoms with van der Waals surface area (Å²) in [6.07, 6.45) is 14.1. The van der Waals surface area contributed by atoms with Crippen LogP contribution in [0.1, 0.15) is 98.3 Å². The summed E-state index contributed by atoms with van der Waals surface area (Å²) in [7, 11) is 0. The van der Waals surface area contributed by atoms with Crippen molar-refractivity contribution in [2.75, 3.05) is 0 Å². The minimum Gasteiger partial charge on any atom is -0.393 e. The Bertz CT molecular complexity index is 649. The second-order valence-corrected chi connectivity index (χ2v) is 12.4. The summed E-state index contributed by atoms with van der Waals surface area (Å²) in [6.45, 7) is 18.4. The van der Waals surface area contributed by atoms with Gasteiger partial charge in [0.15, 0.2) is 0 Å². The highest BCUT2D eigenvalue weighted by molar-refractivity contribution is 5.12. The summed E-state index contributed by atoms with van der Waals surface area (Å²) in [5, 5.41) is 10.3. The summed E-state index contributed by atoms with van der Waals surface area (Å²) in [4.78, 5) is 0. The van der Waals surface area contributed by atoms with E-state index >= 15 is 0 Å². The number of aliphatic hydroxyl groups excluding tert-OH is 1. The standard InChI is InChI=1S/C28H46O/c1-18(2)15-19(3)16-20(4)24-9-10-25-23-8-7-21-17-22(29)11-13-27(21,5)26(23)12-14-28(24,25)6/h20-26,29H,1,3,7-17H2,2,4-6H3/t20-,21?,22?,23+,24-,25+,26+,27+,28-/m1/s1. The van der Waals surface area contributed by atoms with Gasteiger partial charge >= 0.3 is 0 Å². The first-order valence-electron chi connectivity index (χ1n) is 12.6. The van der Waals surface area contributed by atoms with Gasteiger partial charge in [-0.3, -0.25) is 0 Å². The Kier molecular flexibility index (Phi) is 5.86. The third-order valence-electron chi connectivity index (χ3n) is 10.6. The molecule has 4 fully saturated rings. The minimum atomic E-state index is -0.0255. The lowest BCUT2D eigenvalue weighted by atomic mass is 9.44. The van der Waals surface area contributed by atoms with Gasteiger partial charge in [0, 0.05) is 0 Å². The molecule has 0 saturated heterocycles. The second kappa shape index (κ2) is 7.85. The van der Waals surface area contributed by atoms with Crippen molar-refractivity contribution >= 4 is 0 Å². The summed E-state index contributed by atoms with van der Waals surface area (Å²) in [5.74, 6) is 5.20. The Labute approximate surface area is 180 Å². The fourth-order valence-corrected chi connectivity index (χ4v) is 9.31. The maximum absolute atomic E-state index is 10.3. The third-order valence-corrected chi connectivity index (χ3v) is 10.6. The maximum Gasteiger partial charge on any atom is 0.0543 e. The van der Waals surface area contributed by atoms with Crippen LogP contribution in [0.25, 0.3) is 0 Å². The number of allylic oxidation sites excluding steroid dienone is 2. The molecule has 0 bridgehead atoms. The molecule has 29 heavy (non-hydrogen) atoms. The predicted octanol–water partition coefficient (Wildman–Crippen LogP) is 7.55. The molecule has 1 heteroatoms. The van der Waals surface area contributed by atoms with Crippen molar-refractivity contribution in [1.29, 1.82) is 0 Å². The zero-order valence-electron chi connectivity index (χ0n) is 19.7. The second-order valence-electron chi connectivity index (χ2n) is 12.4. The van der Waals surface area contributed by atoms with Crippen LogP contribution in [0.2, 0.25) is 0 Å². The van der Waals surface area contributed by atoms with E-state index in [2.05, 4.69) is 40.9 Å². The Hall–Kier alpha value is -0.560. The molecule has 0 radical (unpaired) electrons. The molecule has 0 aliphatic heterocycles. The third kappa shape index (κ3) is 3.68. The van der Waals surface area contributed by atoms with Crippen LogP contribution in [0.4, 0.5) is 0 Å². The normalized spacial score (nSPS) is 47.6. The fourth-order valence-electron chi connectivity index (χ4n) is 9.31.